The van der Waals surface area contributed by atoms with E-state index in [1.54, 1.807) is 11.0 Å². The molecule has 1 amide bonds. The second kappa shape index (κ2) is 8.11. The summed E-state index contributed by atoms with van der Waals surface area (Å²) in [5.74, 6) is -0.268. The van der Waals surface area contributed by atoms with E-state index in [9.17, 15) is 13.2 Å². The molecule has 0 bridgehead atoms. The van der Waals surface area contributed by atoms with Crippen molar-refractivity contribution in [2.45, 2.75) is 18.0 Å². The lowest BCUT2D eigenvalue weighted by atomic mass is 10.1. The molecule has 0 unspecified atom stereocenters. The van der Waals surface area contributed by atoms with Crippen LogP contribution in [-0.2, 0) is 23.1 Å². The van der Waals surface area contributed by atoms with Crippen LogP contribution in [0.2, 0.25) is 0 Å². The smallest absolute Gasteiger partial charge is 0.251 e. The maximum absolute atomic E-state index is 12.2. The lowest BCUT2D eigenvalue weighted by molar-refractivity contribution is 0.0951. The molecule has 0 saturated heterocycles. The first kappa shape index (κ1) is 18.7. The van der Waals surface area contributed by atoms with E-state index in [1.165, 1.54) is 37.6 Å². The molecule has 2 N–H and O–H groups in total. The summed E-state index contributed by atoms with van der Waals surface area (Å²) in [6, 6.07) is 13.6. The number of nitrogens with zero attached hydrogens (tertiary/aromatic N) is 3. The van der Waals surface area contributed by atoms with Gasteiger partial charge in [0.05, 0.1) is 11.4 Å². The van der Waals surface area contributed by atoms with E-state index < -0.39 is 10.0 Å². The number of aromatic nitrogens is 3. The minimum absolute atomic E-state index is 0.115. The number of amides is 1. The summed E-state index contributed by atoms with van der Waals surface area (Å²) in [6.07, 6.45) is 3.14. The van der Waals surface area contributed by atoms with Crippen molar-refractivity contribution in [3.8, 4) is 0 Å². The first-order valence-electron chi connectivity index (χ1n) is 8.20. The van der Waals surface area contributed by atoms with Crippen LogP contribution >= 0.6 is 0 Å². The fourth-order valence-corrected chi connectivity index (χ4v) is 3.18. The molecule has 1 heterocycles. The SMILES string of the molecule is CNS(=O)(=O)c1ccc(C(=O)NCc2ccc(Cn3cncn3)cc2)cc1. The quantitative estimate of drug-likeness (QED) is 0.635. The third kappa shape index (κ3) is 4.78. The fraction of sp³-hybridized carbons (Fsp3) is 0.167. The normalized spacial score (nSPS) is 11.3. The van der Waals surface area contributed by atoms with Crippen LogP contribution in [0.4, 0.5) is 0 Å². The molecule has 0 aliphatic rings. The summed E-state index contributed by atoms with van der Waals surface area (Å²) in [6.45, 7) is 1.01. The molecular formula is C18H19N5O3S. The van der Waals surface area contributed by atoms with Crippen LogP contribution < -0.4 is 10.0 Å². The van der Waals surface area contributed by atoms with Gasteiger partial charge in [-0.1, -0.05) is 24.3 Å². The predicted molar refractivity (Wildman–Crippen MR) is 99.4 cm³/mol. The molecule has 0 aliphatic heterocycles. The van der Waals surface area contributed by atoms with Crippen molar-refractivity contribution in [2.24, 2.45) is 0 Å². The molecule has 0 atom stereocenters. The molecule has 3 rings (SSSR count). The van der Waals surface area contributed by atoms with Crippen molar-refractivity contribution in [2.75, 3.05) is 7.05 Å². The Hall–Kier alpha value is -3.04. The summed E-state index contributed by atoms with van der Waals surface area (Å²) in [4.78, 5) is 16.3. The number of rotatable bonds is 7. The second-order valence-electron chi connectivity index (χ2n) is 5.82. The van der Waals surface area contributed by atoms with Crippen molar-refractivity contribution in [3.63, 3.8) is 0 Å². The second-order valence-corrected chi connectivity index (χ2v) is 7.71. The monoisotopic (exact) mass is 385 g/mol. The van der Waals surface area contributed by atoms with E-state index in [0.29, 0.717) is 18.7 Å². The molecule has 140 valence electrons. The van der Waals surface area contributed by atoms with Gasteiger partial charge in [-0.05, 0) is 42.4 Å². The lowest BCUT2D eigenvalue weighted by Crippen LogP contribution is -2.23. The molecule has 2 aromatic carbocycles. The number of sulfonamides is 1. The molecule has 0 aliphatic carbocycles. The van der Waals surface area contributed by atoms with Gasteiger partial charge in [-0.2, -0.15) is 5.10 Å². The largest absolute Gasteiger partial charge is 0.348 e. The third-order valence-corrected chi connectivity index (χ3v) is 5.41. The van der Waals surface area contributed by atoms with Crippen molar-refractivity contribution in [3.05, 3.63) is 77.9 Å². The van der Waals surface area contributed by atoms with E-state index in [4.69, 9.17) is 0 Å². The summed E-state index contributed by atoms with van der Waals surface area (Å²) in [5.41, 5.74) is 2.44. The van der Waals surface area contributed by atoms with Gasteiger partial charge in [-0.25, -0.2) is 22.8 Å². The lowest BCUT2D eigenvalue weighted by Gasteiger charge is -2.08. The average molecular weight is 385 g/mol. The molecule has 8 nitrogen and oxygen atoms in total. The molecule has 27 heavy (non-hydrogen) atoms. The third-order valence-electron chi connectivity index (χ3n) is 3.98. The van der Waals surface area contributed by atoms with Crippen molar-refractivity contribution >= 4 is 15.9 Å². The summed E-state index contributed by atoms with van der Waals surface area (Å²) < 4.78 is 27.4. The highest BCUT2D eigenvalue weighted by Crippen LogP contribution is 2.11. The van der Waals surface area contributed by atoms with Crippen molar-refractivity contribution in [1.29, 1.82) is 0 Å². The zero-order valence-electron chi connectivity index (χ0n) is 14.7. The van der Waals surface area contributed by atoms with Gasteiger partial charge in [0.15, 0.2) is 0 Å². The van der Waals surface area contributed by atoms with Crippen LogP contribution in [0.5, 0.6) is 0 Å². The van der Waals surface area contributed by atoms with Crippen LogP contribution in [0.1, 0.15) is 21.5 Å². The Morgan fingerprint density at radius 2 is 1.70 bits per heavy atom. The van der Waals surface area contributed by atoms with Gasteiger partial charge in [-0.15, -0.1) is 0 Å². The number of nitrogens with one attached hydrogen (secondary N) is 2. The Bertz CT molecular complexity index is 998. The number of hydrogen-bond acceptors (Lipinski definition) is 5. The molecule has 3 aromatic rings. The van der Waals surface area contributed by atoms with E-state index in [2.05, 4.69) is 20.1 Å². The zero-order valence-corrected chi connectivity index (χ0v) is 15.5. The number of carbonyl (C=O) groups is 1. The molecule has 0 radical (unpaired) electrons. The first-order chi connectivity index (χ1) is 13.0. The minimum atomic E-state index is -3.51. The molecule has 0 spiro atoms. The Labute approximate surface area is 157 Å². The van der Waals surface area contributed by atoms with Gasteiger partial charge in [0.1, 0.15) is 12.7 Å². The van der Waals surface area contributed by atoms with Gasteiger partial charge < -0.3 is 5.32 Å². The van der Waals surface area contributed by atoms with Crippen molar-refractivity contribution in [1.82, 2.24) is 24.8 Å². The van der Waals surface area contributed by atoms with E-state index in [1.807, 2.05) is 24.3 Å². The van der Waals surface area contributed by atoms with Gasteiger partial charge >= 0.3 is 0 Å². The van der Waals surface area contributed by atoms with Crippen LogP contribution in [0.3, 0.4) is 0 Å². The Morgan fingerprint density at radius 1 is 1.04 bits per heavy atom. The number of hydrogen-bond donors (Lipinski definition) is 2. The summed E-state index contributed by atoms with van der Waals surface area (Å²) in [5, 5.41) is 6.88. The van der Waals surface area contributed by atoms with E-state index >= 15 is 0 Å². The van der Waals surface area contributed by atoms with Crippen LogP contribution in [0.25, 0.3) is 0 Å². The molecule has 9 heteroatoms. The molecule has 1 aromatic heterocycles. The van der Waals surface area contributed by atoms with Crippen LogP contribution in [0, 0.1) is 0 Å². The van der Waals surface area contributed by atoms with E-state index in [0.717, 1.165) is 11.1 Å². The molecule has 0 fully saturated rings. The average Bonchev–Trinajstić information content (AvgIpc) is 3.20. The summed E-state index contributed by atoms with van der Waals surface area (Å²) >= 11 is 0. The van der Waals surface area contributed by atoms with Crippen molar-refractivity contribution < 1.29 is 13.2 Å². The van der Waals surface area contributed by atoms with Crippen LogP contribution in [-0.4, -0.2) is 36.1 Å². The van der Waals surface area contributed by atoms with Gasteiger partial charge in [-0.3, -0.25) is 4.79 Å². The maximum atomic E-state index is 12.2. The zero-order chi connectivity index (χ0) is 19.3. The van der Waals surface area contributed by atoms with Crippen LogP contribution in [0.15, 0.2) is 66.1 Å². The Kier molecular flexibility index (Phi) is 5.63. The van der Waals surface area contributed by atoms with Gasteiger partial charge in [0, 0.05) is 12.1 Å². The Balaban J connectivity index is 1.57. The molecule has 0 saturated carbocycles. The van der Waals surface area contributed by atoms with E-state index in [-0.39, 0.29) is 10.8 Å². The summed E-state index contributed by atoms with van der Waals surface area (Å²) in [7, 11) is -2.17. The number of benzene rings is 2. The first-order valence-corrected chi connectivity index (χ1v) is 9.68. The Morgan fingerprint density at radius 3 is 2.30 bits per heavy atom. The minimum Gasteiger partial charge on any atom is -0.348 e. The predicted octanol–water partition coefficient (Wildman–Crippen LogP) is 1.16. The van der Waals surface area contributed by atoms with Gasteiger partial charge in [0.25, 0.3) is 5.91 Å². The molecular weight excluding hydrogens is 366 g/mol. The van der Waals surface area contributed by atoms with Gasteiger partial charge in [0.2, 0.25) is 10.0 Å². The topological polar surface area (TPSA) is 106 Å². The standard InChI is InChI=1S/C18H19N5O3S/c1-19-27(25,26)17-8-6-16(7-9-17)18(24)21-10-14-2-4-15(5-3-14)11-23-13-20-12-22-23/h2-9,12-13,19H,10-11H2,1H3,(H,21,24). The number of carbonyl (C=O) groups excluding carboxylic acids is 1. The highest BCUT2D eigenvalue weighted by atomic mass is 32.2. The fourth-order valence-electron chi connectivity index (χ4n) is 2.45. The highest BCUT2D eigenvalue weighted by Gasteiger charge is 2.12. The highest BCUT2D eigenvalue weighted by molar-refractivity contribution is 7.89. The maximum Gasteiger partial charge on any atom is 0.251 e.